The first kappa shape index (κ1) is 14.2. The number of carbonyl (C=O) groups is 1. The van der Waals surface area contributed by atoms with Crippen LogP contribution in [0.5, 0.6) is 0 Å². The minimum absolute atomic E-state index is 0.0980. The smallest absolute Gasteiger partial charge is 0.255 e. The van der Waals surface area contributed by atoms with Crippen molar-refractivity contribution in [1.82, 2.24) is 4.90 Å². The third-order valence-corrected chi connectivity index (χ3v) is 3.63. The van der Waals surface area contributed by atoms with Crippen molar-refractivity contribution in [2.24, 2.45) is 0 Å². The van der Waals surface area contributed by atoms with Gasteiger partial charge in [-0.05, 0) is 37.5 Å². The average molecular weight is 283 g/mol. The van der Waals surface area contributed by atoms with Crippen molar-refractivity contribution in [2.45, 2.75) is 25.4 Å². The minimum Gasteiger partial charge on any atom is -0.399 e. The fourth-order valence-corrected chi connectivity index (χ4v) is 2.52. The molecule has 0 saturated carbocycles. The largest absolute Gasteiger partial charge is 0.399 e. The fraction of sp³-hybridized carbons (Fsp3) is 0.500. The molecule has 1 aromatic rings. The lowest BCUT2D eigenvalue weighted by molar-refractivity contribution is -0.000184. The number of hydrogen-bond acceptors (Lipinski definition) is 3. The molecule has 0 spiro atoms. The number of benzene rings is 1. The fourth-order valence-electron chi connectivity index (χ4n) is 2.25. The maximum absolute atomic E-state index is 12.3. The molecular formula is C14H19ClN2O2. The van der Waals surface area contributed by atoms with Crippen LogP contribution in [0.25, 0.3) is 0 Å². The Balaban J connectivity index is 2.01. The van der Waals surface area contributed by atoms with Crippen LogP contribution in [-0.4, -0.2) is 37.1 Å². The number of rotatable bonds is 3. The van der Waals surface area contributed by atoms with Gasteiger partial charge >= 0.3 is 0 Å². The Morgan fingerprint density at radius 1 is 1.53 bits per heavy atom. The summed E-state index contributed by atoms with van der Waals surface area (Å²) < 4.78 is 5.64. The molecule has 1 saturated heterocycles. The van der Waals surface area contributed by atoms with E-state index < -0.39 is 0 Å². The van der Waals surface area contributed by atoms with Gasteiger partial charge in [-0.25, -0.2) is 0 Å². The van der Waals surface area contributed by atoms with Crippen LogP contribution in [0.3, 0.4) is 0 Å². The lowest BCUT2D eigenvalue weighted by atomic mass is 10.1. The van der Waals surface area contributed by atoms with E-state index in [-0.39, 0.29) is 12.0 Å². The highest BCUT2D eigenvalue weighted by Gasteiger charge is 2.21. The molecule has 1 heterocycles. The van der Waals surface area contributed by atoms with Crippen LogP contribution in [0.4, 0.5) is 5.69 Å². The molecule has 0 aromatic heterocycles. The molecule has 2 N–H and O–H groups in total. The summed E-state index contributed by atoms with van der Waals surface area (Å²) in [6.07, 6.45) is 3.41. The first-order chi connectivity index (χ1) is 9.08. The maximum atomic E-state index is 12.3. The molecule has 1 unspecified atom stereocenters. The Morgan fingerprint density at radius 3 is 2.95 bits per heavy atom. The second kappa shape index (κ2) is 6.26. The Morgan fingerprint density at radius 2 is 2.32 bits per heavy atom. The van der Waals surface area contributed by atoms with E-state index in [0.29, 0.717) is 22.8 Å². The quantitative estimate of drug-likeness (QED) is 0.867. The molecule has 1 aliphatic heterocycles. The monoisotopic (exact) mass is 282 g/mol. The SMILES string of the molecule is CN(CC1CCCCO1)C(=O)c1ccc(N)cc1Cl. The van der Waals surface area contributed by atoms with Crippen molar-refractivity contribution in [3.63, 3.8) is 0 Å². The van der Waals surface area contributed by atoms with E-state index in [0.717, 1.165) is 25.9 Å². The number of carbonyl (C=O) groups excluding carboxylic acids is 1. The number of nitrogen functional groups attached to an aromatic ring is 1. The van der Waals surface area contributed by atoms with Crippen LogP contribution in [-0.2, 0) is 4.74 Å². The molecule has 1 fully saturated rings. The van der Waals surface area contributed by atoms with E-state index in [2.05, 4.69) is 0 Å². The number of amides is 1. The number of anilines is 1. The van der Waals surface area contributed by atoms with Gasteiger partial charge in [0, 0.05) is 25.9 Å². The summed E-state index contributed by atoms with van der Waals surface area (Å²) in [7, 11) is 1.77. The molecule has 1 amide bonds. The zero-order valence-corrected chi connectivity index (χ0v) is 11.8. The zero-order valence-electron chi connectivity index (χ0n) is 11.1. The Bertz CT molecular complexity index is 459. The summed E-state index contributed by atoms with van der Waals surface area (Å²) in [6, 6.07) is 4.95. The van der Waals surface area contributed by atoms with Gasteiger partial charge in [0.05, 0.1) is 16.7 Å². The molecule has 19 heavy (non-hydrogen) atoms. The van der Waals surface area contributed by atoms with Gasteiger partial charge < -0.3 is 15.4 Å². The molecule has 0 radical (unpaired) electrons. The minimum atomic E-state index is -0.0980. The van der Waals surface area contributed by atoms with E-state index in [1.54, 1.807) is 30.1 Å². The van der Waals surface area contributed by atoms with Crippen molar-refractivity contribution in [1.29, 1.82) is 0 Å². The van der Waals surface area contributed by atoms with E-state index in [9.17, 15) is 4.79 Å². The summed E-state index contributed by atoms with van der Waals surface area (Å²) >= 11 is 6.05. The lowest BCUT2D eigenvalue weighted by Gasteiger charge is -2.27. The normalized spacial score (nSPS) is 19.2. The molecule has 5 heteroatoms. The van der Waals surface area contributed by atoms with Crippen LogP contribution in [0.1, 0.15) is 29.6 Å². The molecule has 1 aliphatic rings. The van der Waals surface area contributed by atoms with Gasteiger partial charge in [0.2, 0.25) is 0 Å². The summed E-state index contributed by atoms with van der Waals surface area (Å²) in [5, 5.41) is 0.390. The van der Waals surface area contributed by atoms with Crippen molar-refractivity contribution in [3.05, 3.63) is 28.8 Å². The Hall–Kier alpha value is -1.26. The third-order valence-electron chi connectivity index (χ3n) is 3.32. The summed E-state index contributed by atoms with van der Waals surface area (Å²) in [4.78, 5) is 14.0. The lowest BCUT2D eigenvalue weighted by Crippen LogP contribution is -2.37. The molecule has 104 valence electrons. The van der Waals surface area contributed by atoms with Crippen LogP contribution >= 0.6 is 11.6 Å². The molecule has 0 aliphatic carbocycles. The molecule has 1 atom stereocenters. The first-order valence-electron chi connectivity index (χ1n) is 6.50. The second-order valence-corrected chi connectivity index (χ2v) is 5.32. The standard InChI is InChI=1S/C14H19ClN2O2/c1-17(9-11-4-2-3-7-19-11)14(18)12-6-5-10(16)8-13(12)15/h5-6,8,11H,2-4,7,9,16H2,1H3. The highest BCUT2D eigenvalue weighted by atomic mass is 35.5. The first-order valence-corrected chi connectivity index (χ1v) is 6.88. The van der Waals surface area contributed by atoms with Crippen molar-refractivity contribution in [3.8, 4) is 0 Å². The highest BCUT2D eigenvalue weighted by molar-refractivity contribution is 6.34. The van der Waals surface area contributed by atoms with Crippen molar-refractivity contribution < 1.29 is 9.53 Å². The Labute approximate surface area is 118 Å². The van der Waals surface area contributed by atoms with Crippen LogP contribution in [0.15, 0.2) is 18.2 Å². The summed E-state index contributed by atoms with van der Waals surface area (Å²) in [6.45, 7) is 1.38. The number of likely N-dealkylation sites (N-methyl/N-ethyl adjacent to an activating group) is 1. The average Bonchev–Trinajstić information content (AvgIpc) is 2.39. The van der Waals surface area contributed by atoms with Gasteiger partial charge in [-0.1, -0.05) is 11.6 Å². The van der Waals surface area contributed by atoms with Gasteiger partial charge in [0.1, 0.15) is 0 Å². The van der Waals surface area contributed by atoms with Gasteiger partial charge in [0.25, 0.3) is 5.91 Å². The number of ether oxygens (including phenoxy) is 1. The Kier molecular flexibility index (Phi) is 4.66. The van der Waals surface area contributed by atoms with Crippen LogP contribution in [0, 0.1) is 0 Å². The predicted molar refractivity (Wildman–Crippen MR) is 76.4 cm³/mol. The topological polar surface area (TPSA) is 55.6 Å². The number of nitrogens with two attached hydrogens (primary N) is 1. The maximum Gasteiger partial charge on any atom is 0.255 e. The van der Waals surface area contributed by atoms with Gasteiger partial charge in [-0.3, -0.25) is 4.79 Å². The molecule has 2 rings (SSSR count). The molecule has 1 aromatic carbocycles. The predicted octanol–water partition coefficient (Wildman–Crippen LogP) is 2.56. The second-order valence-electron chi connectivity index (χ2n) is 4.91. The van der Waals surface area contributed by atoms with E-state index in [1.807, 2.05) is 0 Å². The number of nitrogens with zero attached hydrogens (tertiary/aromatic N) is 1. The number of hydrogen-bond donors (Lipinski definition) is 1. The van der Waals surface area contributed by atoms with Gasteiger partial charge in [-0.2, -0.15) is 0 Å². The van der Waals surface area contributed by atoms with Crippen molar-refractivity contribution >= 4 is 23.2 Å². The molecule has 4 nitrogen and oxygen atoms in total. The number of halogens is 1. The highest BCUT2D eigenvalue weighted by Crippen LogP contribution is 2.21. The van der Waals surface area contributed by atoms with Gasteiger partial charge in [-0.15, -0.1) is 0 Å². The van der Waals surface area contributed by atoms with Crippen LogP contribution in [0.2, 0.25) is 5.02 Å². The third kappa shape index (κ3) is 3.61. The summed E-state index contributed by atoms with van der Waals surface area (Å²) in [5.41, 5.74) is 6.66. The summed E-state index contributed by atoms with van der Waals surface area (Å²) in [5.74, 6) is -0.0980. The van der Waals surface area contributed by atoms with E-state index in [4.69, 9.17) is 22.1 Å². The molecular weight excluding hydrogens is 264 g/mol. The van der Waals surface area contributed by atoms with Crippen LogP contribution < -0.4 is 5.73 Å². The van der Waals surface area contributed by atoms with Crippen molar-refractivity contribution in [2.75, 3.05) is 25.9 Å². The van der Waals surface area contributed by atoms with E-state index >= 15 is 0 Å². The van der Waals surface area contributed by atoms with E-state index in [1.165, 1.54) is 0 Å². The molecule has 0 bridgehead atoms. The van der Waals surface area contributed by atoms with Gasteiger partial charge in [0.15, 0.2) is 0 Å². The zero-order chi connectivity index (χ0) is 13.8.